The van der Waals surface area contributed by atoms with E-state index in [0.717, 1.165) is 16.6 Å². The third-order valence-corrected chi connectivity index (χ3v) is 4.61. The zero-order chi connectivity index (χ0) is 20.4. The number of anilines is 2. The van der Waals surface area contributed by atoms with Crippen molar-refractivity contribution >= 4 is 51.9 Å². The van der Waals surface area contributed by atoms with Gasteiger partial charge < -0.3 is 5.32 Å². The minimum absolute atomic E-state index is 0.0534. The number of halogens is 1. The molecular weight excluding hydrogens is 392 g/mol. The molecule has 0 unspecified atom stereocenters. The number of rotatable bonds is 3. The van der Waals surface area contributed by atoms with E-state index < -0.39 is 11.9 Å². The minimum atomic E-state index is -0.872. The fraction of sp³-hybridized carbons (Fsp3) is 0.150. The van der Waals surface area contributed by atoms with Crippen LogP contribution in [0.5, 0.6) is 0 Å². The van der Waals surface area contributed by atoms with Gasteiger partial charge in [-0.05, 0) is 37.3 Å². The van der Waals surface area contributed by atoms with Crippen molar-refractivity contribution in [2.75, 3.05) is 10.6 Å². The molecule has 1 aromatic heterocycles. The second-order valence-electron chi connectivity index (χ2n) is 6.52. The van der Waals surface area contributed by atoms with Crippen LogP contribution in [0, 0.1) is 6.92 Å². The van der Waals surface area contributed by atoms with E-state index in [0.29, 0.717) is 16.7 Å². The number of hydrogen-bond donors (Lipinski definition) is 3. The van der Waals surface area contributed by atoms with Gasteiger partial charge in [-0.1, -0.05) is 29.8 Å². The first-order valence-electron chi connectivity index (χ1n) is 8.92. The lowest BCUT2D eigenvalue weighted by Gasteiger charge is -2.21. The van der Waals surface area contributed by atoms with Gasteiger partial charge in [0.2, 0.25) is 23.7 Å². The number of aromatic nitrogens is 2. The highest BCUT2D eigenvalue weighted by Crippen LogP contribution is 2.18. The number of benzene rings is 2. The molecule has 146 valence electrons. The zero-order valence-electron chi connectivity index (χ0n) is 15.4. The summed E-state index contributed by atoms with van der Waals surface area (Å²) in [6, 6.07) is 13.4. The van der Waals surface area contributed by atoms with Crippen LogP contribution >= 0.6 is 11.6 Å². The van der Waals surface area contributed by atoms with Crippen LogP contribution in [0.3, 0.4) is 0 Å². The topological polar surface area (TPSA) is 108 Å². The van der Waals surface area contributed by atoms with Crippen molar-refractivity contribution < 1.29 is 9.59 Å². The maximum Gasteiger partial charge on any atom is 0.249 e. The molecule has 8 nitrogen and oxygen atoms in total. The third-order valence-electron chi connectivity index (χ3n) is 4.36. The second kappa shape index (κ2) is 7.84. The van der Waals surface area contributed by atoms with Crippen LogP contribution in [0.4, 0.5) is 11.6 Å². The predicted octanol–water partition coefficient (Wildman–Crippen LogP) is 2.89. The summed E-state index contributed by atoms with van der Waals surface area (Å²) in [5.41, 5.74) is 2.13. The molecule has 0 saturated carbocycles. The third kappa shape index (κ3) is 4.33. The number of aryl methyl sites for hydroxylation is 1. The van der Waals surface area contributed by atoms with E-state index in [4.69, 9.17) is 11.6 Å². The molecule has 3 N–H and O–H groups in total. The van der Waals surface area contributed by atoms with E-state index >= 15 is 0 Å². The molecule has 4 rings (SSSR count). The van der Waals surface area contributed by atoms with Crippen LogP contribution < -0.4 is 16.0 Å². The first-order chi connectivity index (χ1) is 14.0. The molecule has 1 aliphatic heterocycles. The maximum absolute atomic E-state index is 12.5. The number of nitrogens with zero attached hydrogens (tertiary/aromatic N) is 3. The molecule has 0 radical (unpaired) electrons. The van der Waals surface area contributed by atoms with E-state index in [1.54, 1.807) is 24.3 Å². The van der Waals surface area contributed by atoms with Crippen molar-refractivity contribution in [3.63, 3.8) is 0 Å². The quantitative estimate of drug-likeness (QED) is 0.617. The van der Waals surface area contributed by atoms with Crippen LogP contribution in [-0.2, 0) is 9.59 Å². The van der Waals surface area contributed by atoms with Crippen LogP contribution in [0.2, 0.25) is 5.02 Å². The average Bonchev–Trinajstić information content (AvgIpc) is 2.69. The Hall–Kier alpha value is -3.52. The number of guanidine groups is 1. The summed E-state index contributed by atoms with van der Waals surface area (Å²) >= 11 is 5.85. The fourth-order valence-corrected chi connectivity index (χ4v) is 3.09. The highest BCUT2D eigenvalue weighted by atomic mass is 35.5. The van der Waals surface area contributed by atoms with Crippen LogP contribution in [-0.4, -0.2) is 33.8 Å². The molecule has 2 heterocycles. The number of carbonyl (C=O) groups excluding carboxylic acids is 2. The average molecular weight is 409 g/mol. The van der Waals surface area contributed by atoms with Gasteiger partial charge in [0.15, 0.2) is 0 Å². The summed E-state index contributed by atoms with van der Waals surface area (Å²) < 4.78 is 0. The summed E-state index contributed by atoms with van der Waals surface area (Å²) in [6.45, 7) is 1.87. The number of para-hydroxylation sites is 1. The lowest BCUT2D eigenvalue weighted by molar-refractivity contribution is -0.124. The molecule has 0 saturated heterocycles. The summed E-state index contributed by atoms with van der Waals surface area (Å²) in [7, 11) is 0. The normalized spacial score (nSPS) is 16.1. The van der Waals surface area contributed by atoms with Gasteiger partial charge in [0.25, 0.3) is 0 Å². The first-order valence-corrected chi connectivity index (χ1v) is 9.30. The van der Waals surface area contributed by atoms with Crippen molar-refractivity contribution in [1.29, 1.82) is 0 Å². The fourth-order valence-electron chi connectivity index (χ4n) is 2.96. The Labute approximate surface area is 171 Å². The monoisotopic (exact) mass is 408 g/mol. The van der Waals surface area contributed by atoms with Gasteiger partial charge in [-0.15, -0.1) is 0 Å². The number of hydrogen-bond acceptors (Lipinski definition) is 6. The number of amides is 2. The van der Waals surface area contributed by atoms with Gasteiger partial charge in [0, 0.05) is 16.1 Å². The van der Waals surface area contributed by atoms with E-state index in [9.17, 15) is 9.59 Å². The highest BCUT2D eigenvalue weighted by molar-refractivity contribution is 6.30. The first kappa shape index (κ1) is 18.8. The largest absolute Gasteiger partial charge is 0.324 e. The van der Waals surface area contributed by atoms with E-state index in [2.05, 4.69) is 30.9 Å². The Bertz CT molecular complexity index is 1130. The number of fused-ring (bicyclic) bond motifs is 1. The summed E-state index contributed by atoms with van der Waals surface area (Å²) in [5, 5.41) is 9.75. The summed E-state index contributed by atoms with van der Waals surface area (Å²) in [6.07, 6.45) is -0.0534. The standard InChI is InChI=1S/C20H17ClN6O2/c1-11-14-4-2-3-5-15(14)24-19(22-11)27-20-25-16(10-17(28)26-20)18(29)23-13-8-6-12(21)7-9-13/h2-9,16H,10H2,1H3,(H,23,29)(H2,22,24,25,26,27,28)/t16-/m0/s1. The molecule has 3 aromatic rings. The smallest absolute Gasteiger partial charge is 0.249 e. The molecule has 2 amide bonds. The van der Waals surface area contributed by atoms with Gasteiger partial charge in [-0.3, -0.25) is 20.2 Å². The lowest BCUT2D eigenvalue weighted by atomic mass is 10.1. The predicted molar refractivity (Wildman–Crippen MR) is 112 cm³/mol. The zero-order valence-corrected chi connectivity index (χ0v) is 16.2. The molecule has 1 atom stereocenters. The Morgan fingerprint density at radius 1 is 1.14 bits per heavy atom. The van der Waals surface area contributed by atoms with E-state index in [1.807, 2.05) is 31.2 Å². The molecule has 0 fully saturated rings. The second-order valence-corrected chi connectivity index (χ2v) is 6.95. The molecule has 29 heavy (non-hydrogen) atoms. The molecule has 0 aliphatic carbocycles. The Morgan fingerprint density at radius 2 is 1.90 bits per heavy atom. The number of nitrogens with one attached hydrogen (secondary N) is 3. The molecule has 0 bridgehead atoms. The summed E-state index contributed by atoms with van der Waals surface area (Å²) in [5.74, 6) is -0.292. The highest BCUT2D eigenvalue weighted by Gasteiger charge is 2.27. The summed E-state index contributed by atoms with van der Waals surface area (Å²) in [4.78, 5) is 37.8. The Kier molecular flexibility index (Phi) is 5.09. The van der Waals surface area contributed by atoms with Crippen LogP contribution in [0.25, 0.3) is 10.9 Å². The van der Waals surface area contributed by atoms with Gasteiger partial charge in [-0.2, -0.15) is 0 Å². The van der Waals surface area contributed by atoms with Crippen molar-refractivity contribution in [3.8, 4) is 0 Å². The Balaban J connectivity index is 1.54. The van der Waals surface area contributed by atoms with Gasteiger partial charge in [0.05, 0.1) is 17.6 Å². The molecule has 2 aromatic carbocycles. The van der Waals surface area contributed by atoms with Crippen molar-refractivity contribution in [2.45, 2.75) is 19.4 Å². The molecule has 0 spiro atoms. The minimum Gasteiger partial charge on any atom is -0.324 e. The van der Waals surface area contributed by atoms with Gasteiger partial charge in [-0.25, -0.2) is 15.0 Å². The van der Waals surface area contributed by atoms with Crippen LogP contribution in [0.1, 0.15) is 12.1 Å². The van der Waals surface area contributed by atoms with Crippen molar-refractivity contribution in [1.82, 2.24) is 15.3 Å². The van der Waals surface area contributed by atoms with E-state index in [-0.39, 0.29) is 18.3 Å². The number of carbonyl (C=O) groups is 2. The molecule has 1 aliphatic rings. The van der Waals surface area contributed by atoms with E-state index in [1.165, 1.54) is 0 Å². The molecule has 9 heteroatoms. The Morgan fingerprint density at radius 3 is 2.69 bits per heavy atom. The van der Waals surface area contributed by atoms with Gasteiger partial charge >= 0.3 is 0 Å². The lowest BCUT2D eigenvalue weighted by Crippen LogP contribution is -2.46. The van der Waals surface area contributed by atoms with Crippen molar-refractivity contribution in [3.05, 3.63) is 59.2 Å². The van der Waals surface area contributed by atoms with Crippen LogP contribution in [0.15, 0.2) is 53.5 Å². The van der Waals surface area contributed by atoms with Crippen molar-refractivity contribution in [2.24, 2.45) is 4.99 Å². The SMILES string of the molecule is Cc1nc(NC2=N[C@H](C(=O)Nc3ccc(Cl)cc3)CC(=O)N2)nc2ccccc12. The maximum atomic E-state index is 12.5. The molecular formula is C20H17ClN6O2. The van der Waals surface area contributed by atoms with Gasteiger partial charge in [0.1, 0.15) is 6.04 Å². The number of aliphatic imine (C=N–C) groups is 1.